The van der Waals surface area contributed by atoms with E-state index in [4.69, 9.17) is 21.1 Å². The van der Waals surface area contributed by atoms with E-state index < -0.39 is 0 Å². The number of hydrogen-bond donors (Lipinski definition) is 0. The van der Waals surface area contributed by atoms with Crippen molar-refractivity contribution < 1.29 is 19.2 Å². The van der Waals surface area contributed by atoms with Crippen LogP contribution in [0.3, 0.4) is 0 Å². The predicted octanol–water partition coefficient (Wildman–Crippen LogP) is 4.92. The van der Waals surface area contributed by atoms with E-state index in [1.165, 1.54) is 6.07 Å². The summed E-state index contributed by atoms with van der Waals surface area (Å²) < 4.78 is 11.6. The van der Waals surface area contributed by atoms with Crippen LogP contribution in [0.5, 0.6) is 11.5 Å². The first kappa shape index (κ1) is 25.3. The highest BCUT2D eigenvalue weighted by molar-refractivity contribution is 6.32. The van der Waals surface area contributed by atoms with Gasteiger partial charge in [-0.2, -0.15) is 0 Å². The quantitative estimate of drug-likeness (QED) is 0.377. The monoisotopic (exact) mass is 501 g/mol. The fraction of sp³-hybridized carbons (Fsp3) is 0.500. The number of benzene rings is 2. The summed E-state index contributed by atoms with van der Waals surface area (Å²) in [4.78, 5) is 28.6. The van der Waals surface area contributed by atoms with E-state index >= 15 is 0 Å². The molecular formula is C26H32ClN3O5. The average molecular weight is 502 g/mol. The molecule has 0 spiro atoms. The third-order valence-corrected chi connectivity index (χ3v) is 6.62. The lowest BCUT2D eigenvalue weighted by Crippen LogP contribution is -2.39. The number of ether oxygens (including phenoxy) is 2. The Morgan fingerprint density at radius 2 is 2.03 bits per heavy atom. The molecule has 2 aromatic carbocycles. The average Bonchev–Trinajstić information content (AvgIpc) is 3.14. The van der Waals surface area contributed by atoms with E-state index in [0.717, 1.165) is 24.9 Å². The molecule has 188 valence electrons. The predicted molar refractivity (Wildman–Crippen MR) is 134 cm³/mol. The zero-order valence-corrected chi connectivity index (χ0v) is 21.0. The van der Waals surface area contributed by atoms with Crippen LogP contribution in [0.25, 0.3) is 0 Å². The minimum absolute atomic E-state index is 0.104. The highest BCUT2D eigenvalue weighted by Crippen LogP contribution is 2.38. The molecule has 0 bridgehead atoms. The number of rotatable bonds is 8. The van der Waals surface area contributed by atoms with Crippen LogP contribution < -0.4 is 9.47 Å². The van der Waals surface area contributed by atoms with Crippen LogP contribution in [0.4, 0.5) is 5.69 Å². The first-order valence-electron chi connectivity index (χ1n) is 12.1. The lowest BCUT2D eigenvalue weighted by Gasteiger charge is -2.28. The molecule has 8 nitrogen and oxygen atoms in total. The molecule has 1 fully saturated rings. The Balaban J connectivity index is 1.46. The van der Waals surface area contributed by atoms with Crippen LogP contribution >= 0.6 is 11.6 Å². The van der Waals surface area contributed by atoms with Gasteiger partial charge >= 0.3 is 0 Å². The van der Waals surface area contributed by atoms with Gasteiger partial charge in [0.25, 0.3) is 5.69 Å². The Labute approximate surface area is 210 Å². The van der Waals surface area contributed by atoms with Crippen molar-refractivity contribution in [1.29, 1.82) is 0 Å². The van der Waals surface area contributed by atoms with E-state index in [0.29, 0.717) is 67.4 Å². The van der Waals surface area contributed by atoms with Gasteiger partial charge in [0, 0.05) is 44.2 Å². The van der Waals surface area contributed by atoms with E-state index in [1.54, 1.807) is 12.1 Å². The topological polar surface area (TPSA) is 85.2 Å². The SMILES string of the molecule is CC(C)CN(Cc1cc(Cl)c2c(c1)OCCCO2)C(=O)[C@@H]1CCN(Cc2ccccc2[N+](=O)[O-])C1. The summed E-state index contributed by atoms with van der Waals surface area (Å²) in [6.07, 6.45) is 1.53. The fourth-order valence-corrected chi connectivity index (χ4v) is 5.06. The number of nitro benzene ring substituents is 1. The molecule has 0 saturated carbocycles. The maximum atomic E-state index is 13.6. The van der Waals surface area contributed by atoms with Gasteiger partial charge in [-0.1, -0.05) is 43.6 Å². The van der Waals surface area contributed by atoms with Gasteiger partial charge in [-0.3, -0.25) is 19.8 Å². The third kappa shape index (κ3) is 6.24. The van der Waals surface area contributed by atoms with Crippen molar-refractivity contribution in [2.24, 2.45) is 11.8 Å². The molecule has 2 aromatic rings. The summed E-state index contributed by atoms with van der Waals surface area (Å²) in [6.45, 7) is 8.17. The van der Waals surface area contributed by atoms with Crippen LogP contribution in [0.1, 0.15) is 37.8 Å². The highest BCUT2D eigenvalue weighted by atomic mass is 35.5. The van der Waals surface area contributed by atoms with Crippen molar-refractivity contribution in [3.8, 4) is 11.5 Å². The van der Waals surface area contributed by atoms with Gasteiger partial charge in [0.15, 0.2) is 11.5 Å². The number of likely N-dealkylation sites (tertiary alicyclic amines) is 1. The third-order valence-electron chi connectivity index (χ3n) is 6.34. The number of carbonyl (C=O) groups excluding carboxylic acids is 1. The van der Waals surface area contributed by atoms with Gasteiger partial charge in [0.1, 0.15) is 0 Å². The second-order valence-electron chi connectivity index (χ2n) is 9.67. The Bertz CT molecular complexity index is 1080. The second kappa shape index (κ2) is 11.3. The van der Waals surface area contributed by atoms with E-state index in [9.17, 15) is 14.9 Å². The van der Waals surface area contributed by atoms with Gasteiger partial charge in [0.2, 0.25) is 5.91 Å². The van der Waals surface area contributed by atoms with Crippen molar-refractivity contribution in [3.63, 3.8) is 0 Å². The molecule has 0 N–H and O–H groups in total. The molecule has 0 radical (unpaired) electrons. The van der Waals surface area contributed by atoms with E-state index in [-0.39, 0.29) is 22.4 Å². The van der Waals surface area contributed by atoms with Gasteiger partial charge in [-0.25, -0.2) is 0 Å². The smallest absolute Gasteiger partial charge is 0.273 e. The largest absolute Gasteiger partial charge is 0.489 e. The first-order valence-corrected chi connectivity index (χ1v) is 12.5. The number of halogens is 1. The van der Waals surface area contributed by atoms with Gasteiger partial charge < -0.3 is 14.4 Å². The van der Waals surface area contributed by atoms with Gasteiger partial charge in [-0.15, -0.1) is 0 Å². The zero-order chi connectivity index (χ0) is 24.9. The van der Waals surface area contributed by atoms with Gasteiger partial charge in [0.05, 0.1) is 29.1 Å². The Kier molecular flexibility index (Phi) is 8.13. The summed E-state index contributed by atoms with van der Waals surface area (Å²) in [7, 11) is 0. The first-order chi connectivity index (χ1) is 16.8. The standard InChI is InChI=1S/C26H32ClN3O5/c1-18(2)14-29(15-19-12-22(27)25-24(13-19)34-10-5-11-35-25)26(31)21-8-9-28(17-21)16-20-6-3-4-7-23(20)30(32)33/h3-4,6-7,12-13,18,21H,5,8-11,14-17H2,1-2H3/t21-/m1/s1. The van der Waals surface area contributed by atoms with E-state index in [1.807, 2.05) is 23.1 Å². The second-order valence-corrected chi connectivity index (χ2v) is 10.1. The van der Waals surface area contributed by atoms with Crippen molar-refractivity contribution in [2.45, 2.75) is 39.8 Å². The molecule has 2 aliphatic rings. The molecular weight excluding hydrogens is 470 g/mol. The summed E-state index contributed by atoms with van der Waals surface area (Å²) in [5.74, 6) is 1.45. The van der Waals surface area contributed by atoms with Crippen molar-refractivity contribution >= 4 is 23.2 Å². The van der Waals surface area contributed by atoms with Crippen LogP contribution in [0, 0.1) is 22.0 Å². The Hall–Kier alpha value is -2.84. The summed E-state index contributed by atoms with van der Waals surface area (Å²) >= 11 is 6.48. The Morgan fingerprint density at radius 3 is 2.80 bits per heavy atom. The molecule has 0 aromatic heterocycles. The number of carbonyl (C=O) groups is 1. The van der Waals surface area contributed by atoms with Crippen molar-refractivity contribution in [1.82, 2.24) is 9.80 Å². The fourth-order valence-electron chi connectivity index (χ4n) is 4.77. The number of amides is 1. The van der Waals surface area contributed by atoms with Crippen molar-refractivity contribution in [3.05, 3.63) is 62.7 Å². The summed E-state index contributed by atoms with van der Waals surface area (Å²) in [6, 6.07) is 10.6. The molecule has 1 saturated heterocycles. The number of fused-ring (bicyclic) bond motifs is 1. The molecule has 1 atom stereocenters. The number of para-hydroxylation sites is 1. The molecule has 1 amide bonds. The number of hydrogen-bond acceptors (Lipinski definition) is 6. The molecule has 2 heterocycles. The molecule has 4 rings (SSSR count). The lowest BCUT2D eigenvalue weighted by molar-refractivity contribution is -0.385. The molecule has 0 unspecified atom stereocenters. The van der Waals surface area contributed by atoms with Crippen LogP contribution in [0.15, 0.2) is 36.4 Å². The maximum Gasteiger partial charge on any atom is 0.273 e. The molecule has 35 heavy (non-hydrogen) atoms. The van der Waals surface area contributed by atoms with E-state index in [2.05, 4.69) is 18.7 Å². The summed E-state index contributed by atoms with van der Waals surface area (Å²) in [5, 5.41) is 11.9. The normalized spacial score (nSPS) is 17.9. The van der Waals surface area contributed by atoms with Crippen LogP contribution in [-0.2, 0) is 17.9 Å². The number of nitrogens with zero attached hydrogens (tertiary/aromatic N) is 3. The van der Waals surface area contributed by atoms with Crippen molar-refractivity contribution in [2.75, 3.05) is 32.8 Å². The maximum absolute atomic E-state index is 13.6. The van der Waals surface area contributed by atoms with Gasteiger partial charge in [-0.05, 0) is 36.6 Å². The molecule has 2 aliphatic heterocycles. The zero-order valence-electron chi connectivity index (χ0n) is 20.2. The molecule has 0 aliphatic carbocycles. The van der Waals surface area contributed by atoms with Crippen LogP contribution in [0.2, 0.25) is 5.02 Å². The summed E-state index contributed by atoms with van der Waals surface area (Å²) in [5.41, 5.74) is 1.70. The lowest BCUT2D eigenvalue weighted by atomic mass is 10.0. The minimum atomic E-state index is -0.348. The minimum Gasteiger partial charge on any atom is -0.489 e. The van der Waals surface area contributed by atoms with Crippen LogP contribution in [-0.4, -0.2) is 53.5 Å². The molecule has 9 heteroatoms. The Morgan fingerprint density at radius 1 is 1.26 bits per heavy atom. The highest BCUT2D eigenvalue weighted by Gasteiger charge is 2.33. The number of nitro groups is 1.